The molecule has 1 aromatic heterocycles. The van der Waals surface area contributed by atoms with Gasteiger partial charge in [-0.25, -0.2) is 10.0 Å². The monoisotopic (exact) mass is 484 g/mol. The fraction of sp³-hybridized carbons (Fsp3) is 0.667. The van der Waals surface area contributed by atoms with Crippen molar-refractivity contribution < 1.29 is 0 Å². The second-order valence-corrected chi connectivity index (χ2v) is 10.8. The molecule has 1 aliphatic carbocycles. The van der Waals surface area contributed by atoms with Crippen LogP contribution < -0.4 is 5.32 Å². The molecule has 2 aliphatic heterocycles. The molecular formula is C27H41ClN6. The zero-order valence-electron chi connectivity index (χ0n) is 20.6. The second kappa shape index (κ2) is 12.0. The van der Waals surface area contributed by atoms with Crippen LogP contribution in [-0.4, -0.2) is 96.8 Å². The van der Waals surface area contributed by atoms with Gasteiger partial charge in [0.25, 0.3) is 0 Å². The Morgan fingerprint density at radius 1 is 0.941 bits per heavy atom. The highest BCUT2D eigenvalue weighted by Gasteiger charge is 2.28. The normalized spacial score (nSPS) is 20.5. The third-order valence-corrected chi connectivity index (χ3v) is 7.91. The van der Waals surface area contributed by atoms with Crippen LogP contribution in [0.2, 0.25) is 5.02 Å². The number of nitrogens with zero attached hydrogens (tertiary/aromatic N) is 5. The molecule has 2 saturated heterocycles. The molecule has 0 radical (unpaired) electrons. The van der Waals surface area contributed by atoms with E-state index < -0.39 is 0 Å². The number of hydrazine groups is 1. The number of benzene rings is 1. The summed E-state index contributed by atoms with van der Waals surface area (Å²) in [6, 6.07) is 7.99. The first-order valence-corrected chi connectivity index (χ1v) is 13.8. The molecule has 1 aromatic carbocycles. The molecule has 5 rings (SSSR count). The van der Waals surface area contributed by atoms with Crippen LogP contribution in [0.3, 0.4) is 0 Å². The van der Waals surface area contributed by atoms with Crippen molar-refractivity contribution in [1.82, 2.24) is 24.8 Å². The number of rotatable bonds is 12. The number of anilines is 1. The van der Waals surface area contributed by atoms with E-state index in [1.54, 1.807) is 0 Å². The van der Waals surface area contributed by atoms with E-state index in [1.807, 2.05) is 18.3 Å². The predicted octanol–water partition coefficient (Wildman–Crippen LogP) is 4.42. The summed E-state index contributed by atoms with van der Waals surface area (Å²) in [6.45, 7) is 13.4. The van der Waals surface area contributed by atoms with Gasteiger partial charge in [-0.1, -0.05) is 11.6 Å². The third-order valence-electron chi connectivity index (χ3n) is 7.68. The van der Waals surface area contributed by atoms with E-state index in [4.69, 9.17) is 11.6 Å². The Morgan fingerprint density at radius 2 is 1.68 bits per heavy atom. The Labute approximate surface area is 210 Å². The van der Waals surface area contributed by atoms with E-state index >= 15 is 0 Å². The highest BCUT2D eigenvalue weighted by atomic mass is 35.5. The second-order valence-electron chi connectivity index (χ2n) is 10.4. The van der Waals surface area contributed by atoms with Gasteiger partial charge in [0.2, 0.25) is 0 Å². The van der Waals surface area contributed by atoms with Crippen LogP contribution in [0.25, 0.3) is 10.9 Å². The lowest BCUT2D eigenvalue weighted by atomic mass is 10.2. The minimum absolute atomic E-state index is 0.735. The average molecular weight is 485 g/mol. The quantitative estimate of drug-likeness (QED) is 0.449. The van der Waals surface area contributed by atoms with Crippen LogP contribution in [0.4, 0.5) is 5.69 Å². The molecule has 0 unspecified atom stereocenters. The smallest absolute Gasteiger partial charge is 0.0737 e. The Balaban J connectivity index is 0.970. The number of aromatic nitrogens is 1. The first-order valence-electron chi connectivity index (χ1n) is 13.5. The zero-order valence-corrected chi connectivity index (χ0v) is 21.4. The molecule has 2 aromatic rings. The molecule has 1 N–H and O–H groups in total. The van der Waals surface area contributed by atoms with Crippen molar-refractivity contribution in [3.8, 4) is 0 Å². The predicted molar refractivity (Wildman–Crippen MR) is 142 cm³/mol. The van der Waals surface area contributed by atoms with E-state index in [-0.39, 0.29) is 0 Å². The highest BCUT2D eigenvalue weighted by molar-refractivity contribution is 6.31. The number of halogens is 1. The summed E-state index contributed by atoms with van der Waals surface area (Å²) in [5.41, 5.74) is 2.10. The van der Waals surface area contributed by atoms with Gasteiger partial charge in [-0.2, -0.15) is 0 Å². The van der Waals surface area contributed by atoms with Crippen molar-refractivity contribution in [2.45, 2.75) is 38.5 Å². The van der Waals surface area contributed by atoms with E-state index in [2.05, 4.69) is 42.3 Å². The first-order chi connectivity index (χ1) is 16.7. The molecule has 0 bridgehead atoms. The SMILES string of the molecule is Clc1ccc2c(NCCCN3CCN(CCCN(CC4CC4)N4CCCC4)CC3)ccnc2c1. The molecule has 3 aliphatic rings. The van der Waals surface area contributed by atoms with Gasteiger partial charge in [0.05, 0.1) is 5.52 Å². The summed E-state index contributed by atoms with van der Waals surface area (Å²) >= 11 is 6.11. The molecule has 3 fully saturated rings. The topological polar surface area (TPSA) is 37.9 Å². The maximum Gasteiger partial charge on any atom is 0.0737 e. The molecule has 0 atom stereocenters. The Morgan fingerprint density at radius 3 is 2.41 bits per heavy atom. The molecule has 1 saturated carbocycles. The molecule has 3 heterocycles. The van der Waals surface area contributed by atoms with E-state index in [1.165, 1.54) is 97.6 Å². The minimum atomic E-state index is 0.735. The zero-order chi connectivity index (χ0) is 23.2. The van der Waals surface area contributed by atoms with Crippen molar-refractivity contribution in [1.29, 1.82) is 0 Å². The Bertz CT molecular complexity index is 905. The fourth-order valence-corrected chi connectivity index (χ4v) is 5.61. The number of hydrogen-bond acceptors (Lipinski definition) is 6. The van der Waals surface area contributed by atoms with Crippen molar-refractivity contribution in [3.05, 3.63) is 35.5 Å². The van der Waals surface area contributed by atoms with Crippen LogP contribution in [-0.2, 0) is 0 Å². The van der Waals surface area contributed by atoms with Crippen molar-refractivity contribution in [2.24, 2.45) is 5.92 Å². The van der Waals surface area contributed by atoms with Crippen LogP contribution in [0.5, 0.6) is 0 Å². The number of nitrogens with one attached hydrogen (secondary N) is 1. The molecular weight excluding hydrogens is 444 g/mol. The minimum Gasteiger partial charge on any atom is -0.384 e. The fourth-order valence-electron chi connectivity index (χ4n) is 5.44. The van der Waals surface area contributed by atoms with Crippen LogP contribution in [0.1, 0.15) is 38.5 Å². The summed E-state index contributed by atoms with van der Waals surface area (Å²) in [4.78, 5) is 9.75. The lowest BCUT2D eigenvalue weighted by Crippen LogP contribution is -2.48. The van der Waals surface area contributed by atoms with E-state index in [0.717, 1.165) is 40.5 Å². The molecule has 0 spiro atoms. The number of pyridine rings is 1. The number of hydrogen-bond donors (Lipinski definition) is 1. The maximum atomic E-state index is 6.11. The van der Waals surface area contributed by atoms with Crippen LogP contribution in [0, 0.1) is 5.92 Å². The number of piperazine rings is 1. The Hall–Kier alpha value is -1.44. The van der Waals surface area contributed by atoms with Gasteiger partial charge in [-0.3, -0.25) is 4.98 Å². The molecule has 186 valence electrons. The molecule has 7 heteroatoms. The largest absolute Gasteiger partial charge is 0.384 e. The van der Waals surface area contributed by atoms with Gasteiger partial charge in [-0.15, -0.1) is 0 Å². The average Bonchev–Trinajstić information content (AvgIpc) is 3.50. The van der Waals surface area contributed by atoms with Crippen LogP contribution in [0.15, 0.2) is 30.5 Å². The van der Waals surface area contributed by atoms with E-state index in [0.29, 0.717) is 0 Å². The van der Waals surface area contributed by atoms with E-state index in [9.17, 15) is 0 Å². The van der Waals surface area contributed by atoms with Gasteiger partial charge in [0.1, 0.15) is 0 Å². The Kier molecular flexibility index (Phi) is 8.56. The third kappa shape index (κ3) is 6.82. The molecule has 0 amide bonds. The van der Waals surface area contributed by atoms with Crippen molar-refractivity contribution in [2.75, 3.05) is 77.3 Å². The molecule has 34 heavy (non-hydrogen) atoms. The summed E-state index contributed by atoms with van der Waals surface area (Å²) in [7, 11) is 0. The first kappa shape index (κ1) is 24.3. The van der Waals surface area contributed by atoms with Gasteiger partial charge in [0.15, 0.2) is 0 Å². The van der Waals surface area contributed by atoms with Gasteiger partial charge >= 0.3 is 0 Å². The lowest BCUT2D eigenvalue weighted by Gasteiger charge is -2.36. The van der Waals surface area contributed by atoms with Crippen molar-refractivity contribution >= 4 is 28.2 Å². The van der Waals surface area contributed by atoms with Gasteiger partial charge < -0.3 is 15.1 Å². The maximum absolute atomic E-state index is 6.11. The highest BCUT2D eigenvalue weighted by Crippen LogP contribution is 2.31. The summed E-state index contributed by atoms with van der Waals surface area (Å²) in [5, 5.41) is 10.8. The number of fused-ring (bicyclic) bond motifs is 1. The standard InChI is InChI=1S/C27H41ClN6/c28-24-7-8-25-26(9-11-30-27(25)21-24)29-10-3-12-31-17-19-32(20-18-31)13-4-16-34(22-23-5-6-23)33-14-1-2-15-33/h7-9,11,21,23H,1-6,10,12-20,22H2,(H,29,30). The van der Waals surface area contributed by atoms with Gasteiger partial charge in [-0.05, 0) is 81.8 Å². The molecule has 6 nitrogen and oxygen atoms in total. The van der Waals surface area contributed by atoms with Crippen LogP contribution >= 0.6 is 11.6 Å². The summed E-state index contributed by atoms with van der Waals surface area (Å²) in [5.74, 6) is 0.981. The summed E-state index contributed by atoms with van der Waals surface area (Å²) in [6.07, 6.45) is 9.99. The summed E-state index contributed by atoms with van der Waals surface area (Å²) < 4.78 is 0. The van der Waals surface area contributed by atoms with Crippen molar-refractivity contribution in [3.63, 3.8) is 0 Å². The lowest BCUT2D eigenvalue weighted by molar-refractivity contribution is -0.0113. The van der Waals surface area contributed by atoms with Gasteiger partial charge in [0, 0.05) is 81.2 Å².